The van der Waals surface area contributed by atoms with E-state index in [1.165, 1.54) is 6.07 Å². The van der Waals surface area contributed by atoms with Crippen molar-refractivity contribution >= 4 is 17.3 Å². The zero-order chi connectivity index (χ0) is 17.1. The molecule has 1 heterocycles. The molecule has 0 bridgehead atoms. The average molecular weight is 328 g/mol. The Balaban J connectivity index is 1.74. The van der Waals surface area contributed by atoms with Crippen LogP contribution in [-0.2, 0) is 11.2 Å². The first-order chi connectivity index (χ1) is 11.6. The molecule has 1 atom stereocenters. The van der Waals surface area contributed by atoms with Crippen molar-refractivity contribution < 1.29 is 13.9 Å². The number of amides is 1. The number of fused-ring (bicyclic) bond motifs is 1. The highest BCUT2D eigenvalue weighted by atomic mass is 19.1. The number of nitrogens with one attached hydrogen (secondary N) is 1. The van der Waals surface area contributed by atoms with Crippen LogP contribution in [0.5, 0.6) is 5.75 Å². The van der Waals surface area contributed by atoms with Gasteiger partial charge in [-0.2, -0.15) is 0 Å². The normalized spacial score (nSPS) is 16.5. The Kier molecular flexibility index (Phi) is 4.69. The highest BCUT2D eigenvalue weighted by molar-refractivity contribution is 5.94. The fourth-order valence-electron chi connectivity index (χ4n) is 3.09. The molecule has 4 nitrogen and oxygen atoms in total. The van der Waals surface area contributed by atoms with Gasteiger partial charge in [0.15, 0.2) is 0 Å². The summed E-state index contributed by atoms with van der Waals surface area (Å²) in [6.07, 6.45) is 1.74. The van der Waals surface area contributed by atoms with Crippen LogP contribution in [0.25, 0.3) is 0 Å². The van der Waals surface area contributed by atoms with E-state index < -0.39 is 0 Å². The van der Waals surface area contributed by atoms with E-state index in [1.807, 2.05) is 23.1 Å². The van der Waals surface area contributed by atoms with Gasteiger partial charge in [0.25, 0.3) is 0 Å². The topological polar surface area (TPSA) is 41.6 Å². The molecule has 24 heavy (non-hydrogen) atoms. The van der Waals surface area contributed by atoms with Gasteiger partial charge < -0.3 is 15.0 Å². The molecule has 1 amide bonds. The largest absolute Gasteiger partial charge is 0.497 e. The summed E-state index contributed by atoms with van der Waals surface area (Å²) in [5.41, 5.74) is 2.60. The van der Waals surface area contributed by atoms with Crippen LogP contribution in [0.15, 0.2) is 42.5 Å². The third kappa shape index (κ3) is 3.50. The van der Waals surface area contributed by atoms with Gasteiger partial charge in [0, 0.05) is 23.5 Å². The molecule has 0 fully saturated rings. The van der Waals surface area contributed by atoms with Crippen molar-refractivity contribution in [3.63, 3.8) is 0 Å². The van der Waals surface area contributed by atoms with Crippen LogP contribution in [0.2, 0.25) is 0 Å². The number of anilines is 2. The van der Waals surface area contributed by atoms with Crippen molar-refractivity contribution in [3.05, 3.63) is 53.8 Å². The van der Waals surface area contributed by atoms with E-state index in [4.69, 9.17) is 4.74 Å². The SMILES string of the molecule is COc1cccc(NC(=O)CN2c3ccc(F)cc3CCC2C)c1. The lowest BCUT2D eigenvalue weighted by Crippen LogP contribution is -2.42. The monoisotopic (exact) mass is 328 g/mol. The summed E-state index contributed by atoms with van der Waals surface area (Å²) >= 11 is 0. The van der Waals surface area contributed by atoms with E-state index in [9.17, 15) is 9.18 Å². The zero-order valence-corrected chi connectivity index (χ0v) is 13.9. The summed E-state index contributed by atoms with van der Waals surface area (Å²) in [6, 6.07) is 12.3. The van der Waals surface area contributed by atoms with Crippen molar-refractivity contribution in [2.75, 3.05) is 23.9 Å². The van der Waals surface area contributed by atoms with Crippen LogP contribution in [-0.4, -0.2) is 25.6 Å². The molecule has 1 unspecified atom stereocenters. The minimum atomic E-state index is -0.232. The average Bonchev–Trinajstić information content (AvgIpc) is 2.57. The van der Waals surface area contributed by atoms with E-state index in [2.05, 4.69) is 12.2 Å². The molecule has 2 aromatic carbocycles. The Morgan fingerprint density at radius 1 is 1.33 bits per heavy atom. The second-order valence-corrected chi connectivity index (χ2v) is 6.07. The highest BCUT2D eigenvalue weighted by Crippen LogP contribution is 2.31. The number of benzene rings is 2. The predicted molar refractivity (Wildman–Crippen MR) is 93.2 cm³/mol. The number of carbonyl (C=O) groups is 1. The van der Waals surface area contributed by atoms with Gasteiger partial charge >= 0.3 is 0 Å². The molecule has 0 aromatic heterocycles. The van der Waals surface area contributed by atoms with Crippen LogP contribution in [0.4, 0.5) is 15.8 Å². The molecule has 0 spiro atoms. The number of methoxy groups -OCH3 is 1. The molecule has 2 aromatic rings. The Morgan fingerprint density at radius 2 is 2.17 bits per heavy atom. The van der Waals surface area contributed by atoms with E-state index in [0.29, 0.717) is 11.4 Å². The lowest BCUT2D eigenvalue weighted by molar-refractivity contribution is -0.115. The Bertz CT molecular complexity index is 748. The van der Waals surface area contributed by atoms with Crippen molar-refractivity contribution in [3.8, 4) is 5.75 Å². The van der Waals surface area contributed by atoms with E-state index in [0.717, 1.165) is 24.1 Å². The van der Waals surface area contributed by atoms with Crippen LogP contribution in [0.1, 0.15) is 18.9 Å². The molecule has 0 radical (unpaired) electrons. The van der Waals surface area contributed by atoms with Gasteiger partial charge in [-0.15, -0.1) is 0 Å². The standard InChI is InChI=1S/C19H21FN2O2/c1-13-6-7-14-10-15(20)8-9-18(14)22(13)12-19(23)21-16-4-3-5-17(11-16)24-2/h3-5,8-11,13H,6-7,12H2,1-2H3,(H,21,23). The van der Waals surface area contributed by atoms with Crippen molar-refractivity contribution in [2.24, 2.45) is 0 Å². The van der Waals surface area contributed by atoms with Gasteiger partial charge in [-0.3, -0.25) is 4.79 Å². The third-order valence-electron chi connectivity index (χ3n) is 4.38. The molecule has 1 aliphatic heterocycles. The van der Waals surface area contributed by atoms with Gasteiger partial charge in [0.05, 0.1) is 13.7 Å². The summed E-state index contributed by atoms with van der Waals surface area (Å²) in [7, 11) is 1.59. The number of hydrogen-bond acceptors (Lipinski definition) is 3. The number of carbonyl (C=O) groups excluding carboxylic acids is 1. The number of rotatable bonds is 4. The second-order valence-electron chi connectivity index (χ2n) is 6.07. The second kappa shape index (κ2) is 6.91. The van der Waals surface area contributed by atoms with Crippen LogP contribution >= 0.6 is 0 Å². The first kappa shape index (κ1) is 16.3. The maximum Gasteiger partial charge on any atom is 0.243 e. The maximum atomic E-state index is 13.4. The van der Waals surface area contributed by atoms with Gasteiger partial charge in [0.2, 0.25) is 5.91 Å². The fraction of sp³-hybridized carbons (Fsp3) is 0.316. The molecule has 0 aliphatic carbocycles. The molecule has 0 saturated heterocycles. The predicted octanol–water partition coefficient (Wildman–Crippen LogP) is 3.61. The number of halogens is 1. The first-order valence-electron chi connectivity index (χ1n) is 8.06. The van der Waals surface area contributed by atoms with Gasteiger partial charge in [-0.05, 0) is 55.7 Å². The number of nitrogens with zero attached hydrogens (tertiary/aromatic N) is 1. The lowest BCUT2D eigenvalue weighted by atomic mass is 9.96. The molecule has 1 aliphatic rings. The zero-order valence-electron chi connectivity index (χ0n) is 13.9. The number of aryl methyl sites for hydroxylation is 1. The van der Waals surface area contributed by atoms with Crippen molar-refractivity contribution in [1.82, 2.24) is 0 Å². The summed E-state index contributed by atoms with van der Waals surface area (Å²) in [4.78, 5) is 14.5. The highest BCUT2D eigenvalue weighted by Gasteiger charge is 2.25. The van der Waals surface area contributed by atoms with Crippen LogP contribution in [0, 0.1) is 5.82 Å². The molecule has 0 saturated carbocycles. The van der Waals surface area contributed by atoms with Crippen LogP contribution < -0.4 is 15.0 Å². The van der Waals surface area contributed by atoms with E-state index >= 15 is 0 Å². The lowest BCUT2D eigenvalue weighted by Gasteiger charge is -2.36. The van der Waals surface area contributed by atoms with Crippen molar-refractivity contribution in [1.29, 1.82) is 0 Å². The first-order valence-corrected chi connectivity index (χ1v) is 8.06. The molecular weight excluding hydrogens is 307 g/mol. The third-order valence-corrected chi connectivity index (χ3v) is 4.38. The Morgan fingerprint density at radius 3 is 2.96 bits per heavy atom. The number of hydrogen-bond donors (Lipinski definition) is 1. The van der Waals surface area contributed by atoms with Crippen LogP contribution in [0.3, 0.4) is 0 Å². The van der Waals surface area contributed by atoms with Gasteiger partial charge in [0.1, 0.15) is 11.6 Å². The Labute approximate surface area is 141 Å². The van der Waals surface area contributed by atoms with Gasteiger partial charge in [-0.25, -0.2) is 4.39 Å². The summed E-state index contributed by atoms with van der Waals surface area (Å²) < 4.78 is 18.6. The molecule has 126 valence electrons. The summed E-state index contributed by atoms with van der Waals surface area (Å²) in [6.45, 7) is 2.32. The summed E-state index contributed by atoms with van der Waals surface area (Å²) in [5.74, 6) is 0.358. The van der Waals surface area contributed by atoms with Gasteiger partial charge in [-0.1, -0.05) is 6.07 Å². The molecule has 5 heteroatoms. The quantitative estimate of drug-likeness (QED) is 0.932. The maximum absolute atomic E-state index is 13.4. The fourth-order valence-corrected chi connectivity index (χ4v) is 3.09. The molecule has 1 N–H and O–H groups in total. The number of ether oxygens (including phenoxy) is 1. The van der Waals surface area contributed by atoms with E-state index in [1.54, 1.807) is 25.3 Å². The summed E-state index contributed by atoms with van der Waals surface area (Å²) in [5, 5.41) is 2.89. The smallest absolute Gasteiger partial charge is 0.243 e. The Hall–Kier alpha value is -2.56. The van der Waals surface area contributed by atoms with Crippen molar-refractivity contribution in [2.45, 2.75) is 25.8 Å². The molecular formula is C19H21FN2O2. The minimum Gasteiger partial charge on any atom is -0.497 e. The van der Waals surface area contributed by atoms with E-state index in [-0.39, 0.29) is 24.3 Å². The molecule has 3 rings (SSSR count). The minimum absolute atomic E-state index is 0.104.